The Labute approximate surface area is 312 Å². The van der Waals surface area contributed by atoms with E-state index in [0.29, 0.717) is 5.92 Å². The van der Waals surface area contributed by atoms with Crippen molar-refractivity contribution >= 4 is 75.6 Å². The molecule has 0 aliphatic heterocycles. The average molecular weight is 700 g/mol. The molecule has 7 aromatic carbocycles. The summed E-state index contributed by atoms with van der Waals surface area (Å²) in [4.78, 5) is 2.43. The van der Waals surface area contributed by atoms with Crippen molar-refractivity contribution in [3.05, 3.63) is 181 Å². The third-order valence-corrected chi connectivity index (χ3v) is 13.3. The van der Waals surface area contributed by atoms with Crippen LogP contribution in [0.25, 0.3) is 64.0 Å². The zero-order valence-electron chi connectivity index (χ0n) is 29.9. The van der Waals surface area contributed by atoms with Crippen LogP contribution in [0.3, 0.4) is 0 Å². The number of furan rings is 1. The Hall–Kier alpha value is -5.90. The van der Waals surface area contributed by atoms with Crippen molar-refractivity contribution in [2.24, 2.45) is 5.92 Å². The summed E-state index contributed by atoms with van der Waals surface area (Å²) in [7, 11) is 0. The number of anilines is 2. The molecule has 53 heavy (non-hydrogen) atoms. The second-order valence-electron chi connectivity index (χ2n) is 15.6. The van der Waals surface area contributed by atoms with E-state index >= 15 is 0 Å². The SMILES string of the molecule is CC1(C)c2c(ccc3ccccc23)C2(C)C=C(N(c3ccc(-c4ccc5c(c4)sc4ccccc45)cc3)c3ccc4oc5ccccc5c4c3)C=CC12. The van der Waals surface area contributed by atoms with Crippen molar-refractivity contribution in [2.45, 2.75) is 31.6 Å². The maximum absolute atomic E-state index is 6.28. The second-order valence-corrected chi connectivity index (χ2v) is 16.7. The van der Waals surface area contributed by atoms with Crippen LogP contribution in [-0.4, -0.2) is 0 Å². The van der Waals surface area contributed by atoms with E-state index in [1.54, 1.807) is 0 Å². The fourth-order valence-corrected chi connectivity index (χ4v) is 10.9. The molecule has 2 aliphatic rings. The highest BCUT2D eigenvalue weighted by Gasteiger charge is 2.53. The van der Waals surface area contributed by atoms with E-state index < -0.39 is 0 Å². The Bertz CT molecular complexity index is 3010. The van der Waals surface area contributed by atoms with Gasteiger partial charge in [-0.2, -0.15) is 0 Å². The highest BCUT2D eigenvalue weighted by Crippen LogP contribution is 2.59. The molecule has 0 saturated carbocycles. The minimum absolute atomic E-state index is 0.0277. The molecule has 11 rings (SSSR count). The third-order valence-electron chi connectivity index (χ3n) is 12.2. The number of hydrogen-bond donors (Lipinski definition) is 0. The lowest BCUT2D eigenvalue weighted by Gasteiger charge is -2.39. The maximum Gasteiger partial charge on any atom is 0.135 e. The fraction of sp³-hybridized carbons (Fsp3) is 0.120. The van der Waals surface area contributed by atoms with Crippen LogP contribution in [0, 0.1) is 5.92 Å². The second kappa shape index (κ2) is 11.1. The number of benzene rings is 7. The highest BCUT2D eigenvalue weighted by atomic mass is 32.1. The summed E-state index contributed by atoms with van der Waals surface area (Å²) in [6.45, 7) is 7.31. The topological polar surface area (TPSA) is 16.4 Å². The molecule has 0 bridgehead atoms. The van der Waals surface area contributed by atoms with Crippen molar-refractivity contribution in [1.82, 2.24) is 0 Å². The molecular formula is C50H37NOS. The molecule has 2 aliphatic carbocycles. The molecule has 2 atom stereocenters. The van der Waals surface area contributed by atoms with Gasteiger partial charge in [-0.05, 0) is 105 Å². The fourth-order valence-electron chi connectivity index (χ4n) is 9.79. The van der Waals surface area contributed by atoms with Crippen molar-refractivity contribution < 1.29 is 4.42 Å². The van der Waals surface area contributed by atoms with Gasteiger partial charge in [-0.1, -0.05) is 124 Å². The molecule has 0 spiro atoms. The van der Waals surface area contributed by atoms with Gasteiger partial charge in [0.15, 0.2) is 0 Å². The van der Waals surface area contributed by atoms with E-state index in [1.165, 1.54) is 58.9 Å². The lowest BCUT2D eigenvalue weighted by Crippen LogP contribution is -2.36. The van der Waals surface area contributed by atoms with E-state index in [9.17, 15) is 0 Å². The number of rotatable bonds is 4. The Morgan fingerprint density at radius 1 is 0.566 bits per heavy atom. The molecule has 2 aromatic heterocycles. The zero-order chi connectivity index (χ0) is 35.5. The number of thiophene rings is 1. The van der Waals surface area contributed by atoms with Gasteiger partial charge in [-0.25, -0.2) is 0 Å². The molecule has 0 radical (unpaired) electrons. The molecule has 254 valence electrons. The lowest BCUT2D eigenvalue weighted by atomic mass is 9.66. The quantitative estimate of drug-likeness (QED) is 0.182. The summed E-state index contributed by atoms with van der Waals surface area (Å²) in [6.07, 6.45) is 7.39. The summed E-state index contributed by atoms with van der Waals surface area (Å²) < 4.78 is 8.93. The Kier molecular flexibility index (Phi) is 6.40. The number of para-hydroxylation sites is 1. The maximum atomic E-state index is 6.28. The van der Waals surface area contributed by atoms with Crippen molar-refractivity contribution in [2.75, 3.05) is 4.90 Å². The first kappa shape index (κ1) is 30.7. The first-order valence-electron chi connectivity index (χ1n) is 18.5. The van der Waals surface area contributed by atoms with Crippen molar-refractivity contribution in [3.8, 4) is 11.1 Å². The molecule has 3 heteroatoms. The van der Waals surface area contributed by atoms with E-state index in [-0.39, 0.29) is 10.8 Å². The number of hydrogen-bond acceptors (Lipinski definition) is 3. The van der Waals surface area contributed by atoms with Crippen LogP contribution in [0.5, 0.6) is 0 Å². The predicted octanol–water partition coefficient (Wildman–Crippen LogP) is 14.2. The van der Waals surface area contributed by atoms with Gasteiger partial charge in [0.05, 0.1) is 0 Å². The monoisotopic (exact) mass is 699 g/mol. The molecule has 0 fully saturated rings. The van der Waals surface area contributed by atoms with Crippen molar-refractivity contribution in [1.29, 1.82) is 0 Å². The number of allylic oxidation sites excluding steroid dienone is 3. The Balaban J connectivity index is 1.07. The van der Waals surface area contributed by atoms with Gasteiger partial charge in [0, 0.05) is 53.4 Å². The Morgan fingerprint density at radius 2 is 1.26 bits per heavy atom. The first-order valence-corrected chi connectivity index (χ1v) is 19.4. The molecule has 2 nitrogen and oxygen atoms in total. The summed E-state index contributed by atoms with van der Waals surface area (Å²) >= 11 is 1.87. The van der Waals surface area contributed by atoms with Crippen LogP contribution >= 0.6 is 11.3 Å². The largest absolute Gasteiger partial charge is 0.456 e. The summed E-state index contributed by atoms with van der Waals surface area (Å²) in [5, 5.41) is 7.59. The van der Waals surface area contributed by atoms with Crippen LogP contribution < -0.4 is 4.90 Å². The molecular weight excluding hydrogens is 663 g/mol. The normalized spacial score (nSPS) is 18.9. The van der Waals surface area contributed by atoms with Crippen LogP contribution in [0.1, 0.15) is 31.9 Å². The van der Waals surface area contributed by atoms with E-state index in [0.717, 1.165) is 33.3 Å². The van der Waals surface area contributed by atoms with E-state index in [1.807, 2.05) is 17.4 Å². The van der Waals surface area contributed by atoms with Gasteiger partial charge in [0.2, 0.25) is 0 Å². The summed E-state index contributed by atoms with van der Waals surface area (Å²) in [5.41, 5.74) is 10.4. The highest BCUT2D eigenvalue weighted by molar-refractivity contribution is 7.25. The molecule has 0 N–H and O–H groups in total. The molecule has 0 saturated heterocycles. The lowest BCUT2D eigenvalue weighted by molar-refractivity contribution is 0.323. The smallest absolute Gasteiger partial charge is 0.135 e. The minimum atomic E-state index is -0.183. The van der Waals surface area contributed by atoms with Gasteiger partial charge < -0.3 is 9.32 Å². The average Bonchev–Trinajstić information content (AvgIpc) is 3.80. The van der Waals surface area contributed by atoms with Gasteiger partial charge in [0.25, 0.3) is 0 Å². The van der Waals surface area contributed by atoms with E-state index in [4.69, 9.17) is 4.42 Å². The van der Waals surface area contributed by atoms with Crippen LogP contribution in [0.15, 0.2) is 174 Å². The van der Waals surface area contributed by atoms with Crippen LogP contribution in [-0.2, 0) is 10.8 Å². The van der Waals surface area contributed by atoms with Crippen molar-refractivity contribution in [3.63, 3.8) is 0 Å². The number of fused-ring (bicyclic) bond motifs is 11. The zero-order valence-corrected chi connectivity index (χ0v) is 30.7. The molecule has 2 unspecified atom stereocenters. The molecule has 0 amide bonds. The molecule has 2 heterocycles. The minimum Gasteiger partial charge on any atom is -0.456 e. The summed E-state index contributed by atoms with van der Waals surface area (Å²) in [5.74, 6) is 0.327. The predicted molar refractivity (Wildman–Crippen MR) is 226 cm³/mol. The standard InChI is InChI=1S/C50H37NOS/c1-49(2)47-27-23-36(30-50(47,3)42-25-19-32-10-4-5-11-37(32)48(42)49)51(35-22-26-44-41(29-35)38-12-6-8-14-43(38)52-44)34-20-16-31(17-21-34)33-18-24-40-39-13-7-9-15-45(39)53-46(40)28-33/h4-30,47H,1-3H3. The van der Waals surface area contributed by atoms with Crippen LogP contribution in [0.4, 0.5) is 11.4 Å². The van der Waals surface area contributed by atoms with E-state index in [2.05, 4.69) is 183 Å². The Morgan fingerprint density at radius 3 is 2.13 bits per heavy atom. The number of nitrogens with zero attached hydrogens (tertiary/aromatic N) is 1. The van der Waals surface area contributed by atoms with Gasteiger partial charge in [-0.3, -0.25) is 0 Å². The van der Waals surface area contributed by atoms with Gasteiger partial charge in [0.1, 0.15) is 11.2 Å². The van der Waals surface area contributed by atoms with Crippen LogP contribution in [0.2, 0.25) is 0 Å². The van der Waals surface area contributed by atoms with Gasteiger partial charge >= 0.3 is 0 Å². The first-order chi connectivity index (χ1) is 25.9. The third kappa shape index (κ3) is 4.44. The molecule has 9 aromatic rings. The summed E-state index contributed by atoms with van der Waals surface area (Å²) in [6, 6.07) is 53.3. The van der Waals surface area contributed by atoms with Gasteiger partial charge in [-0.15, -0.1) is 11.3 Å².